The van der Waals surface area contributed by atoms with Crippen LogP contribution in [0.2, 0.25) is 0 Å². The third-order valence-corrected chi connectivity index (χ3v) is 3.29. The summed E-state index contributed by atoms with van der Waals surface area (Å²) in [6.45, 7) is 0.891. The molecule has 15 heavy (non-hydrogen) atoms. The fourth-order valence-electron chi connectivity index (χ4n) is 2.19. The minimum Gasteiger partial charge on any atom is -0.394 e. The number of nitrogens with one attached hydrogen (secondary N) is 1. The summed E-state index contributed by atoms with van der Waals surface area (Å²) in [4.78, 5) is 4.15. The first-order valence-electron chi connectivity index (χ1n) is 5.44. The molecule has 84 valence electrons. The molecule has 5 heteroatoms. The maximum Gasteiger partial charge on any atom is 0.140 e. The molecule has 0 atom stereocenters. The highest BCUT2D eigenvalue weighted by atomic mass is 16.3. The van der Waals surface area contributed by atoms with Gasteiger partial charge in [0.15, 0.2) is 0 Å². The zero-order valence-electron chi connectivity index (χ0n) is 9.11. The monoisotopic (exact) mass is 210 g/mol. The van der Waals surface area contributed by atoms with Crippen LogP contribution in [0.15, 0.2) is 6.33 Å². The summed E-state index contributed by atoms with van der Waals surface area (Å²) in [6.07, 6.45) is 6.07. The zero-order valence-corrected chi connectivity index (χ0v) is 9.11. The van der Waals surface area contributed by atoms with Gasteiger partial charge in [-0.25, -0.2) is 4.98 Å². The van der Waals surface area contributed by atoms with E-state index in [1.807, 2.05) is 7.05 Å². The van der Waals surface area contributed by atoms with Crippen LogP contribution in [0.3, 0.4) is 0 Å². The second kappa shape index (κ2) is 4.28. The first kappa shape index (κ1) is 10.6. The molecular formula is C10H18N4O. The van der Waals surface area contributed by atoms with Crippen LogP contribution in [-0.2, 0) is 13.6 Å². The van der Waals surface area contributed by atoms with E-state index in [-0.39, 0.29) is 12.1 Å². The molecule has 0 unspecified atom stereocenters. The largest absolute Gasteiger partial charge is 0.394 e. The Hall–Kier alpha value is -0.940. The van der Waals surface area contributed by atoms with Crippen molar-refractivity contribution >= 4 is 0 Å². The molecule has 1 fully saturated rings. The van der Waals surface area contributed by atoms with Crippen molar-refractivity contribution in [2.75, 3.05) is 6.61 Å². The molecule has 0 aliphatic heterocycles. The van der Waals surface area contributed by atoms with Crippen molar-refractivity contribution in [3.05, 3.63) is 12.2 Å². The van der Waals surface area contributed by atoms with Crippen LogP contribution >= 0.6 is 0 Å². The van der Waals surface area contributed by atoms with Gasteiger partial charge in [-0.1, -0.05) is 12.8 Å². The van der Waals surface area contributed by atoms with Crippen molar-refractivity contribution in [2.45, 2.75) is 37.8 Å². The van der Waals surface area contributed by atoms with Crippen LogP contribution in [0.1, 0.15) is 31.5 Å². The number of aromatic nitrogens is 3. The van der Waals surface area contributed by atoms with Crippen LogP contribution in [0.5, 0.6) is 0 Å². The normalized spacial score (nSPS) is 19.6. The molecule has 1 aromatic rings. The molecule has 0 aromatic carbocycles. The summed E-state index contributed by atoms with van der Waals surface area (Å²) in [7, 11) is 1.88. The van der Waals surface area contributed by atoms with Crippen LogP contribution < -0.4 is 5.32 Å². The van der Waals surface area contributed by atoms with E-state index in [2.05, 4.69) is 15.4 Å². The lowest BCUT2D eigenvalue weighted by Crippen LogP contribution is -2.45. The van der Waals surface area contributed by atoms with Gasteiger partial charge in [0, 0.05) is 12.6 Å². The first-order chi connectivity index (χ1) is 7.26. The topological polar surface area (TPSA) is 63.0 Å². The Morgan fingerprint density at radius 3 is 2.80 bits per heavy atom. The molecule has 0 radical (unpaired) electrons. The summed E-state index contributed by atoms with van der Waals surface area (Å²) < 4.78 is 1.76. The van der Waals surface area contributed by atoms with E-state index >= 15 is 0 Å². The van der Waals surface area contributed by atoms with Crippen molar-refractivity contribution in [3.63, 3.8) is 0 Å². The van der Waals surface area contributed by atoms with Gasteiger partial charge in [0.05, 0.1) is 13.2 Å². The molecule has 1 aliphatic rings. The molecule has 1 heterocycles. The van der Waals surface area contributed by atoms with Crippen molar-refractivity contribution in [1.29, 1.82) is 0 Å². The average molecular weight is 210 g/mol. The van der Waals surface area contributed by atoms with Gasteiger partial charge >= 0.3 is 0 Å². The predicted octanol–water partition coefficient (Wildman–Crippen LogP) is 0.210. The number of nitrogens with zero attached hydrogens (tertiary/aromatic N) is 3. The molecule has 2 rings (SSSR count). The Morgan fingerprint density at radius 1 is 1.53 bits per heavy atom. The molecule has 5 nitrogen and oxygen atoms in total. The van der Waals surface area contributed by atoms with Crippen LogP contribution in [0, 0.1) is 0 Å². The number of hydrogen-bond donors (Lipinski definition) is 2. The van der Waals surface area contributed by atoms with Crippen LogP contribution in [-0.4, -0.2) is 32.0 Å². The zero-order chi connectivity index (χ0) is 10.7. The Bertz CT molecular complexity index is 317. The highest BCUT2D eigenvalue weighted by Crippen LogP contribution is 2.29. The Kier molecular flexibility index (Phi) is 3.02. The molecule has 1 aromatic heterocycles. The number of aliphatic hydroxyl groups is 1. The molecule has 0 amide bonds. The number of rotatable bonds is 4. The third kappa shape index (κ3) is 2.18. The fourth-order valence-corrected chi connectivity index (χ4v) is 2.19. The molecule has 1 aliphatic carbocycles. The van der Waals surface area contributed by atoms with Gasteiger partial charge in [0.25, 0.3) is 0 Å². The number of hydrogen-bond acceptors (Lipinski definition) is 4. The van der Waals surface area contributed by atoms with Crippen molar-refractivity contribution in [1.82, 2.24) is 20.1 Å². The molecule has 0 spiro atoms. The van der Waals surface area contributed by atoms with Gasteiger partial charge in [0.2, 0.25) is 0 Å². The molecule has 0 bridgehead atoms. The summed E-state index contributed by atoms with van der Waals surface area (Å²) >= 11 is 0. The molecule has 2 N–H and O–H groups in total. The molecular weight excluding hydrogens is 192 g/mol. The van der Waals surface area contributed by atoms with Crippen molar-refractivity contribution in [2.24, 2.45) is 7.05 Å². The SMILES string of the molecule is Cn1ncnc1CNC1(CO)CCCC1. The van der Waals surface area contributed by atoms with Crippen LogP contribution in [0.25, 0.3) is 0 Å². The van der Waals surface area contributed by atoms with Gasteiger partial charge in [-0.15, -0.1) is 0 Å². The summed E-state index contributed by atoms with van der Waals surface area (Å²) in [5.41, 5.74) is -0.0774. The van der Waals surface area contributed by atoms with E-state index in [4.69, 9.17) is 0 Å². The lowest BCUT2D eigenvalue weighted by atomic mass is 9.99. The minimum absolute atomic E-state index is 0.0774. The maximum absolute atomic E-state index is 9.41. The van der Waals surface area contributed by atoms with Crippen LogP contribution in [0.4, 0.5) is 0 Å². The van der Waals surface area contributed by atoms with Crippen molar-refractivity contribution < 1.29 is 5.11 Å². The van der Waals surface area contributed by atoms with E-state index in [1.54, 1.807) is 11.0 Å². The summed E-state index contributed by atoms with van der Waals surface area (Å²) in [6, 6.07) is 0. The Morgan fingerprint density at radius 2 is 2.27 bits per heavy atom. The molecule has 0 saturated heterocycles. The summed E-state index contributed by atoms with van der Waals surface area (Å²) in [5.74, 6) is 0.912. The van der Waals surface area contributed by atoms with Gasteiger partial charge in [-0.3, -0.25) is 4.68 Å². The standard InChI is InChI=1S/C10H18N4O/c1-14-9(11-8-13-14)6-12-10(7-15)4-2-3-5-10/h8,12,15H,2-7H2,1H3. The third-order valence-electron chi connectivity index (χ3n) is 3.29. The highest BCUT2D eigenvalue weighted by molar-refractivity contribution is 4.94. The first-order valence-corrected chi connectivity index (χ1v) is 5.44. The van der Waals surface area contributed by atoms with E-state index in [9.17, 15) is 5.11 Å². The minimum atomic E-state index is -0.0774. The van der Waals surface area contributed by atoms with E-state index in [0.717, 1.165) is 18.7 Å². The predicted molar refractivity (Wildman–Crippen MR) is 56.1 cm³/mol. The Balaban J connectivity index is 1.94. The van der Waals surface area contributed by atoms with Gasteiger partial charge in [-0.2, -0.15) is 5.10 Å². The quantitative estimate of drug-likeness (QED) is 0.745. The fraction of sp³-hybridized carbons (Fsp3) is 0.800. The van der Waals surface area contributed by atoms with Crippen molar-refractivity contribution in [3.8, 4) is 0 Å². The van der Waals surface area contributed by atoms with Gasteiger partial charge in [-0.05, 0) is 12.8 Å². The second-order valence-corrected chi connectivity index (χ2v) is 4.30. The summed E-state index contributed by atoms with van der Waals surface area (Å²) in [5, 5.41) is 16.8. The number of aliphatic hydroxyl groups excluding tert-OH is 1. The lowest BCUT2D eigenvalue weighted by Gasteiger charge is -2.27. The smallest absolute Gasteiger partial charge is 0.140 e. The Labute approximate surface area is 89.5 Å². The molecule has 1 saturated carbocycles. The average Bonchev–Trinajstić information content (AvgIpc) is 2.85. The second-order valence-electron chi connectivity index (χ2n) is 4.30. The lowest BCUT2D eigenvalue weighted by molar-refractivity contribution is 0.161. The van der Waals surface area contributed by atoms with E-state index in [0.29, 0.717) is 6.54 Å². The van der Waals surface area contributed by atoms with E-state index < -0.39 is 0 Å². The maximum atomic E-state index is 9.41. The highest BCUT2D eigenvalue weighted by Gasteiger charge is 2.32. The number of aryl methyl sites for hydroxylation is 1. The van der Waals surface area contributed by atoms with E-state index in [1.165, 1.54) is 12.8 Å². The van der Waals surface area contributed by atoms with Gasteiger partial charge < -0.3 is 10.4 Å². The van der Waals surface area contributed by atoms with Gasteiger partial charge in [0.1, 0.15) is 12.2 Å².